The van der Waals surface area contributed by atoms with E-state index < -0.39 is 17.8 Å². The summed E-state index contributed by atoms with van der Waals surface area (Å²) in [6, 6.07) is 4.34. The minimum Gasteiger partial charge on any atom is -0.491 e. The number of halogens is 4. The van der Waals surface area contributed by atoms with Gasteiger partial charge < -0.3 is 25.2 Å². The van der Waals surface area contributed by atoms with E-state index in [4.69, 9.17) is 9.47 Å². The summed E-state index contributed by atoms with van der Waals surface area (Å²) in [7, 11) is 0. The molecule has 0 saturated carbocycles. The SMILES string of the molecule is CCNC(=NCC(O)COc1ccc(C(F)(F)F)cc1)NCC1CCCO1.I. The van der Waals surface area contributed by atoms with Gasteiger partial charge in [0.05, 0.1) is 18.2 Å². The van der Waals surface area contributed by atoms with Gasteiger partial charge in [-0.1, -0.05) is 0 Å². The predicted molar refractivity (Wildman–Crippen MR) is 111 cm³/mol. The number of hydrogen-bond acceptors (Lipinski definition) is 4. The number of nitrogens with zero attached hydrogens (tertiary/aromatic N) is 1. The van der Waals surface area contributed by atoms with Gasteiger partial charge in [-0.2, -0.15) is 13.2 Å². The van der Waals surface area contributed by atoms with Crippen molar-refractivity contribution in [1.29, 1.82) is 0 Å². The number of guanidine groups is 1. The Morgan fingerprint density at radius 3 is 2.61 bits per heavy atom. The predicted octanol–water partition coefficient (Wildman–Crippen LogP) is 2.80. The Hall–Kier alpha value is -1.27. The second-order valence-corrected chi connectivity index (χ2v) is 6.22. The Bertz CT molecular complexity index is 594. The smallest absolute Gasteiger partial charge is 0.416 e. The molecule has 0 spiro atoms. The third kappa shape index (κ3) is 8.82. The summed E-state index contributed by atoms with van der Waals surface area (Å²) in [5, 5.41) is 16.2. The topological polar surface area (TPSA) is 75.1 Å². The highest BCUT2D eigenvalue weighted by molar-refractivity contribution is 14.0. The summed E-state index contributed by atoms with van der Waals surface area (Å²) in [4.78, 5) is 4.29. The molecule has 0 bridgehead atoms. The second kappa shape index (κ2) is 12.3. The molecule has 1 saturated heterocycles. The average Bonchev–Trinajstić information content (AvgIpc) is 3.15. The fourth-order valence-corrected chi connectivity index (χ4v) is 2.54. The van der Waals surface area contributed by atoms with Crippen LogP contribution in [0.15, 0.2) is 29.3 Å². The number of rotatable bonds is 8. The van der Waals surface area contributed by atoms with Crippen molar-refractivity contribution in [2.45, 2.75) is 38.1 Å². The van der Waals surface area contributed by atoms with Crippen LogP contribution in [0.1, 0.15) is 25.3 Å². The van der Waals surface area contributed by atoms with Gasteiger partial charge in [0.2, 0.25) is 0 Å². The molecule has 2 atom stereocenters. The van der Waals surface area contributed by atoms with Gasteiger partial charge in [0.25, 0.3) is 0 Å². The summed E-state index contributed by atoms with van der Waals surface area (Å²) in [6.45, 7) is 4.06. The van der Waals surface area contributed by atoms with Gasteiger partial charge in [-0.25, -0.2) is 0 Å². The number of ether oxygens (including phenoxy) is 2. The van der Waals surface area contributed by atoms with Crippen LogP contribution in [-0.2, 0) is 10.9 Å². The summed E-state index contributed by atoms with van der Waals surface area (Å²) in [5.74, 6) is 0.830. The average molecular weight is 517 g/mol. The van der Waals surface area contributed by atoms with E-state index in [1.807, 2.05) is 6.92 Å². The molecule has 2 unspecified atom stereocenters. The lowest BCUT2D eigenvalue weighted by molar-refractivity contribution is -0.137. The van der Waals surface area contributed by atoms with Crippen LogP contribution in [0.4, 0.5) is 13.2 Å². The molecule has 1 aliphatic rings. The molecule has 3 N–H and O–H groups in total. The standard InChI is InChI=1S/C18H26F3N3O3.HI/c1-2-22-17(24-11-16-4-3-9-26-16)23-10-14(25)12-27-15-7-5-13(6-8-15)18(19,20)21;/h5-8,14,16,25H,2-4,9-12H2,1H3,(H2,22,23,24);1H. The van der Waals surface area contributed by atoms with Crippen molar-refractivity contribution in [3.8, 4) is 5.75 Å². The third-order valence-electron chi connectivity index (χ3n) is 3.95. The van der Waals surface area contributed by atoms with Crippen LogP contribution in [0, 0.1) is 0 Å². The van der Waals surface area contributed by atoms with E-state index in [1.165, 1.54) is 12.1 Å². The Balaban J connectivity index is 0.00000392. The summed E-state index contributed by atoms with van der Waals surface area (Å²) < 4.78 is 48.4. The van der Waals surface area contributed by atoms with Gasteiger partial charge in [-0.15, -0.1) is 24.0 Å². The van der Waals surface area contributed by atoms with E-state index in [0.717, 1.165) is 31.6 Å². The molecule has 2 rings (SSSR count). The zero-order valence-electron chi connectivity index (χ0n) is 15.7. The first-order valence-corrected chi connectivity index (χ1v) is 9.00. The number of aliphatic hydroxyl groups is 1. The van der Waals surface area contributed by atoms with Crippen molar-refractivity contribution in [1.82, 2.24) is 10.6 Å². The molecule has 1 aromatic carbocycles. The van der Waals surface area contributed by atoms with E-state index >= 15 is 0 Å². The fourth-order valence-electron chi connectivity index (χ4n) is 2.54. The van der Waals surface area contributed by atoms with Crippen LogP contribution in [0.25, 0.3) is 0 Å². The van der Waals surface area contributed by atoms with E-state index in [-0.39, 0.29) is 49.0 Å². The van der Waals surface area contributed by atoms with Crippen molar-refractivity contribution >= 4 is 29.9 Å². The molecule has 1 aliphatic heterocycles. The lowest BCUT2D eigenvalue weighted by Crippen LogP contribution is -2.41. The van der Waals surface area contributed by atoms with Crippen LogP contribution >= 0.6 is 24.0 Å². The van der Waals surface area contributed by atoms with Crippen LogP contribution in [0.2, 0.25) is 0 Å². The summed E-state index contributed by atoms with van der Waals surface area (Å²) >= 11 is 0. The molecule has 1 fully saturated rings. The van der Waals surface area contributed by atoms with Gasteiger partial charge in [-0.3, -0.25) is 4.99 Å². The summed E-state index contributed by atoms with van der Waals surface area (Å²) in [5.41, 5.74) is -0.743. The highest BCUT2D eigenvalue weighted by Crippen LogP contribution is 2.30. The minimum atomic E-state index is -4.38. The number of aliphatic hydroxyl groups excluding tert-OH is 1. The number of aliphatic imine (C=N–C) groups is 1. The Kier molecular flexibility index (Phi) is 10.9. The third-order valence-corrected chi connectivity index (χ3v) is 3.95. The maximum absolute atomic E-state index is 12.5. The molecule has 160 valence electrons. The van der Waals surface area contributed by atoms with Gasteiger partial charge >= 0.3 is 6.18 Å². The highest BCUT2D eigenvalue weighted by atomic mass is 127. The normalized spacial score (nSPS) is 18.3. The maximum Gasteiger partial charge on any atom is 0.416 e. The van der Waals surface area contributed by atoms with Crippen LogP contribution < -0.4 is 15.4 Å². The number of benzene rings is 1. The Morgan fingerprint density at radius 2 is 2.04 bits per heavy atom. The first-order valence-electron chi connectivity index (χ1n) is 9.00. The zero-order chi connectivity index (χ0) is 19.7. The van der Waals surface area contributed by atoms with Gasteiger partial charge in [-0.05, 0) is 44.0 Å². The van der Waals surface area contributed by atoms with Crippen LogP contribution in [-0.4, -0.2) is 56.1 Å². The molecular weight excluding hydrogens is 490 g/mol. The maximum atomic E-state index is 12.5. The van der Waals surface area contributed by atoms with Crippen LogP contribution in [0.3, 0.4) is 0 Å². The first-order chi connectivity index (χ1) is 12.9. The van der Waals surface area contributed by atoms with E-state index in [0.29, 0.717) is 19.0 Å². The quantitative estimate of drug-likeness (QED) is 0.281. The number of nitrogens with one attached hydrogen (secondary N) is 2. The van der Waals surface area contributed by atoms with Crippen molar-refractivity contribution in [3.63, 3.8) is 0 Å². The second-order valence-electron chi connectivity index (χ2n) is 6.22. The monoisotopic (exact) mass is 517 g/mol. The first kappa shape index (κ1) is 24.8. The molecule has 6 nitrogen and oxygen atoms in total. The molecule has 10 heteroatoms. The van der Waals surface area contributed by atoms with Gasteiger partial charge in [0.1, 0.15) is 18.5 Å². The van der Waals surface area contributed by atoms with E-state index in [2.05, 4.69) is 15.6 Å². The van der Waals surface area contributed by atoms with Crippen molar-refractivity contribution in [2.75, 3.05) is 32.8 Å². The minimum absolute atomic E-state index is 0. The molecule has 0 radical (unpaired) electrons. The van der Waals surface area contributed by atoms with E-state index in [1.54, 1.807) is 0 Å². The lowest BCUT2D eigenvalue weighted by atomic mass is 10.2. The largest absolute Gasteiger partial charge is 0.491 e. The molecule has 28 heavy (non-hydrogen) atoms. The van der Waals surface area contributed by atoms with Gasteiger partial charge in [0.15, 0.2) is 5.96 Å². The fraction of sp³-hybridized carbons (Fsp3) is 0.611. The number of alkyl halides is 3. The zero-order valence-corrected chi connectivity index (χ0v) is 18.0. The van der Waals surface area contributed by atoms with Crippen molar-refractivity contribution in [2.24, 2.45) is 4.99 Å². The molecule has 0 amide bonds. The van der Waals surface area contributed by atoms with E-state index in [9.17, 15) is 18.3 Å². The molecule has 1 heterocycles. The number of hydrogen-bond donors (Lipinski definition) is 3. The van der Waals surface area contributed by atoms with Crippen molar-refractivity contribution < 1.29 is 27.8 Å². The lowest BCUT2D eigenvalue weighted by Gasteiger charge is -2.16. The Morgan fingerprint density at radius 1 is 1.32 bits per heavy atom. The van der Waals surface area contributed by atoms with Crippen LogP contribution in [0.5, 0.6) is 5.75 Å². The van der Waals surface area contributed by atoms with Crippen molar-refractivity contribution in [3.05, 3.63) is 29.8 Å². The molecular formula is C18H27F3IN3O3. The molecule has 1 aromatic rings. The highest BCUT2D eigenvalue weighted by Gasteiger charge is 2.30. The van der Waals surface area contributed by atoms with Gasteiger partial charge in [0, 0.05) is 19.7 Å². The Labute approximate surface area is 179 Å². The molecule has 0 aliphatic carbocycles. The summed E-state index contributed by atoms with van der Waals surface area (Å²) in [6.07, 6.45) is -3.03. The molecule has 0 aromatic heterocycles.